The minimum absolute atomic E-state index is 0.0942. The summed E-state index contributed by atoms with van der Waals surface area (Å²) in [6.07, 6.45) is 6.43. The average Bonchev–Trinajstić information content (AvgIpc) is 3.15. The smallest absolute Gasteiger partial charge is 0.271 e. The summed E-state index contributed by atoms with van der Waals surface area (Å²) in [4.78, 5) is 23.6. The highest BCUT2D eigenvalue weighted by atomic mass is 16.5. The monoisotopic (exact) mass is 364 g/mol. The fraction of sp³-hybridized carbons (Fsp3) is 0.737. The highest BCUT2D eigenvalue weighted by Crippen LogP contribution is 2.27. The summed E-state index contributed by atoms with van der Waals surface area (Å²) in [6, 6.07) is -0.285. The Morgan fingerprint density at radius 3 is 2.73 bits per heavy atom. The third-order valence-corrected chi connectivity index (χ3v) is 4.41. The number of ether oxygens (including phenoxy) is 1. The van der Waals surface area contributed by atoms with Gasteiger partial charge in [-0.2, -0.15) is 0 Å². The van der Waals surface area contributed by atoms with Gasteiger partial charge >= 0.3 is 0 Å². The van der Waals surface area contributed by atoms with Crippen molar-refractivity contribution in [2.75, 3.05) is 31.2 Å². The lowest BCUT2D eigenvalue weighted by atomic mass is 10.0. The number of rotatable bonds is 10. The Labute approximate surface area is 156 Å². The van der Waals surface area contributed by atoms with E-state index in [9.17, 15) is 9.90 Å². The van der Waals surface area contributed by atoms with Crippen LogP contribution in [0.1, 0.15) is 63.4 Å². The van der Waals surface area contributed by atoms with Crippen molar-refractivity contribution in [3.63, 3.8) is 0 Å². The van der Waals surface area contributed by atoms with Gasteiger partial charge in [0.25, 0.3) is 11.8 Å². The third kappa shape index (κ3) is 5.83. The topological polar surface area (TPSA) is 87.6 Å². The zero-order valence-corrected chi connectivity index (χ0v) is 16.2. The summed E-state index contributed by atoms with van der Waals surface area (Å²) in [7, 11) is 0. The molecule has 1 atom stereocenters. The number of anilines is 1. The zero-order chi connectivity index (χ0) is 18.9. The summed E-state index contributed by atoms with van der Waals surface area (Å²) < 4.78 is 5.83. The lowest BCUT2D eigenvalue weighted by Crippen LogP contribution is -2.39. The predicted molar refractivity (Wildman–Crippen MR) is 102 cm³/mol. The second-order valence-electron chi connectivity index (χ2n) is 7.26. The van der Waals surface area contributed by atoms with Crippen molar-refractivity contribution < 1.29 is 14.6 Å². The van der Waals surface area contributed by atoms with Crippen molar-refractivity contribution in [2.45, 2.75) is 58.9 Å². The van der Waals surface area contributed by atoms with Gasteiger partial charge in [0.2, 0.25) is 0 Å². The SMILES string of the molecule is CCCCOc1nc(C(=O)N[C@H](CO)CC(C)C)cnc1N1CCCC1. The van der Waals surface area contributed by atoms with E-state index in [2.05, 4.69) is 41.0 Å². The number of hydrogen-bond acceptors (Lipinski definition) is 6. The number of aromatic nitrogens is 2. The van der Waals surface area contributed by atoms with E-state index in [0.717, 1.165) is 44.6 Å². The van der Waals surface area contributed by atoms with Gasteiger partial charge in [-0.25, -0.2) is 9.97 Å². The lowest BCUT2D eigenvalue weighted by Gasteiger charge is -2.21. The van der Waals surface area contributed by atoms with Crippen LogP contribution in [0.5, 0.6) is 5.88 Å². The van der Waals surface area contributed by atoms with Gasteiger partial charge in [0, 0.05) is 13.1 Å². The van der Waals surface area contributed by atoms with E-state index in [1.54, 1.807) is 0 Å². The molecule has 7 nitrogen and oxygen atoms in total. The first-order valence-corrected chi connectivity index (χ1v) is 9.71. The first kappa shape index (κ1) is 20.4. The van der Waals surface area contributed by atoms with Crippen molar-refractivity contribution in [1.29, 1.82) is 0 Å². The number of amides is 1. The molecule has 2 N–H and O–H groups in total. The summed E-state index contributed by atoms with van der Waals surface area (Å²) in [5.41, 5.74) is 0.224. The van der Waals surface area contributed by atoms with Crippen LogP contribution in [0.15, 0.2) is 6.20 Å². The van der Waals surface area contributed by atoms with Gasteiger partial charge in [0.15, 0.2) is 11.5 Å². The molecule has 1 aromatic heterocycles. The first-order chi connectivity index (χ1) is 12.5. The molecule has 1 amide bonds. The Hall–Kier alpha value is -1.89. The maximum Gasteiger partial charge on any atom is 0.271 e. The van der Waals surface area contributed by atoms with Crippen LogP contribution >= 0.6 is 0 Å². The number of aliphatic hydroxyl groups excluding tert-OH is 1. The lowest BCUT2D eigenvalue weighted by molar-refractivity contribution is 0.0901. The molecule has 0 bridgehead atoms. The van der Waals surface area contributed by atoms with Gasteiger partial charge in [-0.1, -0.05) is 27.2 Å². The number of nitrogens with one attached hydrogen (secondary N) is 1. The maximum atomic E-state index is 12.5. The fourth-order valence-corrected chi connectivity index (χ4v) is 3.04. The van der Waals surface area contributed by atoms with Crippen molar-refractivity contribution in [3.05, 3.63) is 11.9 Å². The van der Waals surface area contributed by atoms with Crippen LogP contribution in [0.4, 0.5) is 5.82 Å². The molecule has 146 valence electrons. The molecule has 0 radical (unpaired) electrons. The van der Waals surface area contributed by atoms with E-state index in [1.807, 2.05) is 0 Å². The standard InChI is InChI=1S/C19H32N4O3/c1-4-5-10-26-19-17(23-8-6-7-9-23)20-12-16(22-19)18(25)21-15(13-24)11-14(2)3/h12,14-15,24H,4-11,13H2,1-3H3,(H,21,25)/t15-/m0/s1. The molecule has 1 saturated heterocycles. The highest BCUT2D eigenvalue weighted by Gasteiger charge is 2.22. The molecule has 2 heterocycles. The van der Waals surface area contributed by atoms with Crippen LogP contribution < -0.4 is 15.0 Å². The van der Waals surface area contributed by atoms with E-state index < -0.39 is 0 Å². The minimum atomic E-state index is -0.328. The summed E-state index contributed by atoms with van der Waals surface area (Å²) in [6.45, 7) is 8.55. The zero-order valence-electron chi connectivity index (χ0n) is 16.2. The molecule has 0 saturated carbocycles. The molecule has 1 fully saturated rings. The Balaban J connectivity index is 2.14. The largest absolute Gasteiger partial charge is 0.475 e. The minimum Gasteiger partial charge on any atom is -0.475 e. The van der Waals surface area contributed by atoms with Crippen LogP contribution in [0.2, 0.25) is 0 Å². The van der Waals surface area contributed by atoms with Gasteiger partial charge in [-0.15, -0.1) is 0 Å². The molecule has 0 aromatic carbocycles. The van der Waals surface area contributed by atoms with Gasteiger partial charge < -0.3 is 20.1 Å². The number of carbonyl (C=O) groups is 1. The van der Waals surface area contributed by atoms with Crippen LogP contribution in [-0.4, -0.2) is 53.3 Å². The van der Waals surface area contributed by atoms with E-state index in [4.69, 9.17) is 4.74 Å². The van der Waals surface area contributed by atoms with E-state index in [-0.39, 0.29) is 24.2 Å². The van der Waals surface area contributed by atoms with Crippen LogP contribution in [0.3, 0.4) is 0 Å². The molecule has 0 aliphatic carbocycles. The third-order valence-electron chi connectivity index (χ3n) is 4.41. The summed E-state index contributed by atoms with van der Waals surface area (Å²) in [5.74, 6) is 1.20. The average molecular weight is 364 g/mol. The Kier molecular flexibility index (Phi) is 8.09. The van der Waals surface area contributed by atoms with Crippen LogP contribution in [0, 0.1) is 5.92 Å². The molecular formula is C19H32N4O3. The number of unbranched alkanes of at least 4 members (excludes halogenated alkanes) is 1. The molecule has 0 spiro atoms. The van der Waals surface area contributed by atoms with E-state index in [1.165, 1.54) is 6.20 Å². The second-order valence-corrected chi connectivity index (χ2v) is 7.26. The highest BCUT2D eigenvalue weighted by molar-refractivity contribution is 5.92. The van der Waals surface area contributed by atoms with Crippen LogP contribution in [0.25, 0.3) is 0 Å². The quantitative estimate of drug-likeness (QED) is 0.620. The Bertz CT molecular complexity index is 574. The number of hydrogen-bond donors (Lipinski definition) is 2. The fourth-order valence-electron chi connectivity index (χ4n) is 3.04. The van der Waals surface area contributed by atoms with Gasteiger partial charge in [0.1, 0.15) is 0 Å². The molecule has 0 unspecified atom stereocenters. The van der Waals surface area contributed by atoms with Crippen molar-refractivity contribution in [1.82, 2.24) is 15.3 Å². The summed E-state index contributed by atoms with van der Waals surface area (Å²) >= 11 is 0. The van der Waals surface area contributed by atoms with Crippen molar-refractivity contribution >= 4 is 11.7 Å². The first-order valence-electron chi connectivity index (χ1n) is 9.71. The molecule has 2 rings (SSSR count). The van der Waals surface area contributed by atoms with Gasteiger partial charge in [-0.05, 0) is 31.6 Å². The molecular weight excluding hydrogens is 332 g/mol. The van der Waals surface area contributed by atoms with Crippen LogP contribution in [-0.2, 0) is 0 Å². The van der Waals surface area contributed by atoms with E-state index >= 15 is 0 Å². The van der Waals surface area contributed by atoms with E-state index in [0.29, 0.717) is 24.8 Å². The second kappa shape index (κ2) is 10.3. The molecule has 1 aliphatic heterocycles. The molecule has 26 heavy (non-hydrogen) atoms. The summed E-state index contributed by atoms with van der Waals surface area (Å²) in [5, 5.41) is 12.3. The number of nitrogens with zero attached hydrogens (tertiary/aromatic N) is 3. The molecule has 1 aliphatic rings. The maximum absolute atomic E-state index is 12.5. The number of carbonyl (C=O) groups excluding carboxylic acids is 1. The van der Waals surface area contributed by atoms with Gasteiger partial charge in [-0.3, -0.25) is 4.79 Å². The molecule has 1 aromatic rings. The Morgan fingerprint density at radius 1 is 1.38 bits per heavy atom. The Morgan fingerprint density at radius 2 is 2.12 bits per heavy atom. The van der Waals surface area contributed by atoms with Crippen molar-refractivity contribution in [3.8, 4) is 5.88 Å². The molecule has 7 heteroatoms. The number of aliphatic hydroxyl groups is 1. The van der Waals surface area contributed by atoms with Gasteiger partial charge in [0.05, 0.1) is 25.5 Å². The predicted octanol–water partition coefficient (Wildman–Crippen LogP) is 2.39. The normalized spacial score (nSPS) is 15.3. The van der Waals surface area contributed by atoms with Crippen molar-refractivity contribution in [2.24, 2.45) is 5.92 Å².